The van der Waals surface area contributed by atoms with Crippen molar-refractivity contribution < 1.29 is 14.4 Å². The quantitative estimate of drug-likeness (QED) is 0.645. The first-order valence-electron chi connectivity index (χ1n) is 5.87. The normalized spacial score (nSPS) is 19.5. The molecule has 0 saturated carbocycles. The summed E-state index contributed by atoms with van der Waals surface area (Å²) in [5, 5.41) is 14.0. The minimum atomic E-state index is -0.436. The van der Waals surface area contributed by atoms with Crippen LogP contribution in [0.15, 0.2) is 18.2 Å². The van der Waals surface area contributed by atoms with Crippen molar-refractivity contribution in [1.29, 1.82) is 0 Å². The van der Waals surface area contributed by atoms with Crippen LogP contribution in [0.5, 0.6) is 5.75 Å². The molecule has 18 heavy (non-hydrogen) atoms. The average Bonchev–Trinajstić information content (AvgIpc) is 2.37. The summed E-state index contributed by atoms with van der Waals surface area (Å²) in [7, 11) is 0. The van der Waals surface area contributed by atoms with Gasteiger partial charge in [0.25, 0.3) is 0 Å². The third kappa shape index (κ3) is 3.18. The number of nitro groups is 1. The van der Waals surface area contributed by atoms with Crippen molar-refractivity contribution in [2.45, 2.75) is 13.0 Å². The van der Waals surface area contributed by atoms with Gasteiger partial charge in [0, 0.05) is 19.2 Å². The molecule has 0 radical (unpaired) electrons. The van der Waals surface area contributed by atoms with Crippen LogP contribution in [-0.2, 0) is 4.74 Å². The molecule has 1 aromatic carbocycles. The predicted octanol–water partition coefficient (Wildman–Crippen LogP) is 1.27. The highest BCUT2D eigenvalue weighted by molar-refractivity contribution is 5.48. The second kappa shape index (κ2) is 5.79. The lowest BCUT2D eigenvalue weighted by Gasteiger charge is -2.23. The SMILES string of the molecule is Cc1ccc([N+](=O)[O-])c(OCC2CNCCO2)c1. The van der Waals surface area contributed by atoms with Gasteiger partial charge in [0.15, 0.2) is 5.75 Å². The van der Waals surface area contributed by atoms with Crippen LogP contribution < -0.4 is 10.1 Å². The second-order valence-corrected chi connectivity index (χ2v) is 4.24. The molecule has 1 heterocycles. The predicted molar refractivity (Wildman–Crippen MR) is 65.9 cm³/mol. The van der Waals surface area contributed by atoms with Gasteiger partial charge in [-0.2, -0.15) is 0 Å². The zero-order valence-corrected chi connectivity index (χ0v) is 10.2. The molecule has 1 atom stereocenters. The Bertz CT molecular complexity index is 430. The van der Waals surface area contributed by atoms with Gasteiger partial charge in [-0.15, -0.1) is 0 Å². The van der Waals surface area contributed by atoms with E-state index in [1.165, 1.54) is 6.07 Å². The molecule has 2 rings (SSSR count). The highest BCUT2D eigenvalue weighted by atomic mass is 16.6. The summed E-state index contributed by atoms with van der Waals surface area (Å²) < 4.78 is 11.0. The zero-order valence-electron chi connectivity index (χ0n) is 10.2. The molecule has 1 aliphatic heterocycles. The fraction of sp³-hybridized carbons (Fsp3) is 0.500. The molecular formula is C12H16N2O4. The average molecular weight is 252 g/mol. The molecule has 0 aliphatic carbocycles. The van der Waals surface area contributed by atoms with E-state index in [1.807, 2.05) is 6.92 Å². The van der Waals surface area contributed by atoms with Gasteiger partial charge in [0.05, 0.1) is 11.5 Å². The highest BCUT2D eigenvalue weighted by Gasteiger charge is 2.18. The molecule has 1 fully saturated rings. The van der Waals surface area contributed by atoms with Crippen molar-refractivity contribution in [2.75, 3.05) is 26.3 Å². The van der Waals surface area contributed by atoms with Crippen LogP contribution in [0.2, 0.25) is 0 Å². The smallest absolute Gasteiger partial charge is 0.310 e. The summed E-state index contributed by atoms with van der Waals surface area (Å²) in [5.41, 5.74) is 0.919. The van der Waals surface area contributed by atoms with Crippen molar-refractivity contribution in [3.05, 3.63) is 33.9 Å². The molecule has 1 aliphatic rings. The number of nitrogens with zero attached hydrogens (tertiary/aromatic N) is 1. The van der Waals surface area contributed by atoms with E-state index in [4.69, 9.17) is 9.47 Å². The Kier molecular flexibility index (Phi) is 4.11. The van der Waals surface area contributed by atoms with E-state index in [0.717, 1.165) is 12.1 Å². The summed E-state index contributed by atoms with van der Waals surface area (Å²) in [6.07, 6.45) is -0.0566. The van der Waals surface area contributed by atoms with Crippen molar-refractivity contribution >= 4 is 5.69 Å². The first kappa shape index (κ1) is 12.8. The van der Waals surface area contributed by atoms with Gasteiger partial charge in [-0.3, -0.25) is 10.1 Å². The summed E-state index contributed by atoms with van der Waals surface area (Å²) in [4.78, 5) is 10.4. The number of aryl methyl sites for hydroxylation is 1. The van der Waals surface area contributed by atoms with Crippen molar-refractivity contribution in [2.24, 2.45) is 0 Å². The fourth-order valence-corrected chi connectivity index (χ4v) is 1.80. The Morgan fingerprint density at radius 3 is 3.11 bits per heavy atom. The van der Waals surface area contributed by atoms with E-state index in [1.54, 1.807) is 12.1 Å². The van der Waals surface area contributed by atoms with E-state index in [0.29, 0.717) is 25.5 Å². The lowest BCUT2D eigenvalue weighted by molar-refractivity contribution is -0.386. The van der Waals surface area contributed by atoms with Crippen LogP contribution in [0.4, 0.5) is 5.69 Å². The Balaban J connectivity index is 2.03. The molecule has 0 aromatic heterocycles. The van der Waals surface area contributed by atoms with Crippen LogP contribution in [0.3, 0.4) is 0 Å². The molecular weight excluding hydrogens is 236 g/mol. The molecule has 6 nitrogen and oxygen atoms in total. The third-order valence-corrected chi connectivity index (χ3v) is 2.74. The largest absolute Gasteiger partial charge is 0.484 e. The molecule has 0 bridgehead atoms. The number of nitrogens with one attached hydrogen (secondary N) is 1. The van der Waals surface area contributed by atoms with E-state index in [2.05, 4.69) is 5.32 Å². The van der Waals surface area contributed by atoms with Crippen molar-refractivity contribution in [3.8, 4) is 5.75 Å². The van der Waals surface area contributed by atoms with Gasteiger partial charge < -0.3 is 14.8 Å². The Labute approximate surface area is 105 Å². The second-order valence-electron chi connectivity index (χ2n) is 4.24. The highest BCUT2D eigenvalue weighted by Crippen LogP contribution is 2.27. The fourth-order valence-electron chi connectivity index (χ4n) is 1.80. The van der Waals surface area contributed by atoms with Gasteiger partial charge in [-0.25, -0.2) is 0 Å². The summed E-state index contributed by atoms with van der Waals surface area (Å²) in [6, 6.07) is 4.84. The van der Waals surface area contributed by atoms with E-state index >= 15 is 0 Å². The number of nitro benzene ring substituents is 1. The molecule has 0 spiro atoms. The van der Waals surface area contributed by atoms with Crippen LogP contribution in [0.1, 0.15) is 5.56 Å². The molecule has 1 N–H and O–H groups in total. The van der Waals surface area contributed by atoms with Crippen LogP contribution in [0.25, 0.3) is 0 Å². The molecule has 6 heteroatoms. The van der Waals surface area contributed by atoms with Crippen LogP contribution in [-0.4, -0.2) is 37.3 Å². The number of hydrogen-bond acceptors (Lipinski definition) is 5. The van der Waals surface area contributed by atoms with E-state index in [-0.39, 0.29) is 11.8 Å². The van der Waals surface area contributed by atoms with E-state index < -0.39 is 4.92 Å². The van der Waals surface area contributed by atoms with Crippen molar-refractivity contribution in [3.63, 3.8) is 0 Å². The maximum absolute atomic E-state index is 10.9. The lowest BCUT2D eigenvalue weighted by atomic mass is 10.2. The standard InChI is InChI=1S/C12H16N2O4/c1-9-2-3-11(14(15)16)12(6-9)18-8-10-7-13-4-5-17-10/h2-3,6,10,13H,4-5,7-8H2,1H3. The maximum Gasteiger partial charge on any atom is 0.310 e. The number of benzene rings is 1. The molecule has 0 amide bonds. The van der Waals surface area contributed by atoms with Crippen LogP contribution >= 0.6 is 0 Å². The number of rotatable bonds is 4. The topological polar surface area (TPSA) is 73.6 Å². The number of hydrogen-bond donors (Lipinski definition) is 1. The zero-order chi connectivity index (χ0) is 13.0. The Hall–Kier alpha value is -1.66. The molecule has 98 valence electrons. The molecule has 1 unspecified atom stereocenters. The maximum atomic E-state index is 10.9. The minimum absolute atomic E-state index is 0.00984. The first-order valence-corrected chi connectivity index (χ1v) is 5.87. The van der Waals surface area contributed by atoms with Gasteiger partial charge >= 0.3 is 5.69 Å². The molecule has 1 saturated heterocycles. The summed E-state index contributed by atoms with van der Waals surface area (Å²) >= 11 is 0. The van der Waals surface area contributed by atoms with Gasteiger partial charge in [0.1, 0.15) is 12.7 Å². The monoisotopic (exact) mass is 252 g/mol. The molecule has 1 aromatic rings. The van der Waals surface area contributed by atoms with Gasteiger partial charge in [0.2, 0.25) is 0 Å². The number of ether oxygens (including phenoxy) is 2. The summed E-state index contributed by atoms with van der Waals surface area (Å²) in [6.45, 7) is 4.37. The summed E-state index contributed by atoms with van der Waals surface area (Å²) in [5.74, 6) is 0.300. The number of morpholine rings is 1. The van der Waals surface area contributed by atoms with Gasteiger partial charge in [-0.1, -0.05) is 6.07 Å². The van der Waals surface area contributed by atoms with Gasteiger partial charge in [-0.05, 0) is 18.6 Å². The lowest BCUT2D eigenvalue weighted by Crippen LogP contribution is -2.41. The third-order valence-electron chi connectivity index (χ3n) is 2.74. The van der Waals surface area contributed by atoms with E-state index in [9.17, 15) is 10.1 Å². The Morgan fingerprint density at radius 1 is 1.61 bits per heavy atom. The minimum Gasteiger partial charge on any atom is -0.484 e. The Morgan fingerprint density at radius 2 is 2.44 bits per heavy atom. The van der Waals surface area contributed by atoms with Crippen molar-refractivity contribution in [1.82, 2.24) is 5.32 Å². The first-order chi connectivity index (χ1) is 8.66. The van der Waals surface area contributed by atoms with Crippen LogP contribution in [0, 0.1) is 17.0 Å².